The van der Waals surface area contributed by atoms with E-state index in [1.807, 2.05) is 11.8 Å². The molecule has 168 valence electrons. The van der Waals surface area contributed by atoms with Gasteiger partial charge in [-0.2, -0.15) is 5.10 Å². The van der Waals surface area contributed by atoms with Gasteiger partial charge < -0.3 is 9.80 Å². The number of piperidine rings is 2. The van der Waals surface area contributed by atoms with Gasteiger partial charge in [-0.3, -0.25) is 9.48 Å². The maximum Gasteiger partial charge on any atom is 0.257 e. The number of anilines is 1. The van der Waals surface area contributed by atoms with Crippen LogP contribution in [-0.2, 0) is 16.9 Å². The lowest BCUT2D eigenvalue weighted by Gasteiger charge is -2.33. The first-order valence-corrected chi connectivity index (χ1v) is 12.7. The molecule has 0 bridgehead atoms. The van der Waals surface area contributed by atoms with Gasteiger partial charge >= 0.3 is 0 Å². The van der Waals surface area contributed by atoms with Gasteiger partial charge in [-0.25, -0.2) is 18.4 Å². The Bertz CT molecular complexity index is 1070. The van der Waals surface area contributed by atoms with Gasteiger partial charge in [0.05, 0.1) is 23.1 Å². The second kappa shape index (κ2) is 8.57. The highest BCUT2D eigenvalue weighted by Crippen LogP contribution is 2.33. The molecule has 2 fully saturated rings. The topological polar surface area (TPSA) is 101 Å². The zero-order valence-corrected chi connectivity index (χ0v) is 19.2. The summed E-state index contributed by atoms with van der Waals surface area (Å²) in [6, 6.07) is 0. The first-order chi connectivity index (χ1) is 14.7. The number of rotatable bonds is 4. The number of sulfone groups is 1. The molecule has 1 amide bonds. The van der Waals surface area contributed by atoms with E-state index < -0.39 is 9.84 Å². The Balaban J connectivity index is 1.55. The van der Waals surface area contributed by atoms with Crippen molar-refractivity contribution in [2.75, 3.05) is 37.3 Å². The van der Waals surface area contributed by atoms with Gasteiger partial charge in [0, 0.05) is 51.6 Å². The van der Waals surface area contributed by atoms with Gasteiger partial charge in [0.25, 0.3) is 5.91 Å². The second-order valence-electron chi connectivity index (χ2n) is 8.61. The summed E-state index contributed by atoms with van der Waals surface area (Å²) in [7, 11) is -1.64. The SMILES string of the molecule is Cc1nn(C)cc1C(=O)N1CCC(c2nc(N3CCCCC3)ncc2S(C)(=O)=O)CC1. The van der Waals surface area contributed by atoms with E-state index in [1.165, 1.54) is 18.9 Å². The summed E-state index contributed by atoms with van der Waals surface area (Å²) in [5.41, 5.74) is 1.94. The predicted octanol–water partition coefficient (Wildman–Crippen LogP) is 1.93. The van der Waals surface area contributed by atoms with Crippen molar-refractivity contribution in [2.45, 2.75) is 49.8 Å². The molecule has 2 aliphatic rings. The van der Waals surface area contributed by atoms with Gasteiger partial charge in [-0.1, -0.05) is 0 Å². The predicted molar refractivity (Wildman–Crippen MR) is 117 cm³/mol. The fourth-order valence-electron chi connectivity index (χ4n) is 4.53. The molecule has 0 radical (unpaired) electrons. The zero-order valence-electron chi connectivity index (χ0n) is 18.4. The van der Waals surface area contributed by atoms with E-state index in [1.54, 1.807) is 17.9 Å². The molecule has 10 heteroatoms. The van der Waals surface area contributed by atoms with E-state index in [4.69, 9.17) is 4.98 Å². The Hall–Kier alpha value is -2.49. The number of hydrogen-bond acceptors (Lipinski definition) is 7. The van der Waals surface area contributed by atoms with Crippen molar-refractivity contribution in [3.63, 3.8) is 0 Å². The third kappa shape index (κ3) is 4.58. The van der Waals surface area contributed by atoms with Crippen LogP contribution in [0.15, 0.2) is 17.3 Å². The molecule has 0 aromatic carbocycles. The van der Waals surface area contributed by atoms with E-state index in [2.05, 4.69) is 15.0 Å². The average Bonchev–Trinajstić information content (AvgIpc) is 3.11. The van der Waals surface area contributed by atoms with Gasteiger partial charge in [0.1, 0.15) is 4.90 Å². The highest BCUT2D eigenvalue weighted by Gasteiger charge is 2.31. The highest BCUT2D eigenvalue weighted by molar-refractivity contribution is 7.90. The Morgan fingerprint density at radius 2 is 1.77 bits per heavy atom. The van der Waals surface area contributed by atoms with Gasteiger partial charge in [0.15, 0.2) is 9.84 Å². The van der Waals surface area contributed by atoms with Crippen LogP contribution in [0, 0.1) is 6.92 Å². The quantitative estimate of drug-likeness (QED) is 0.707. The first-order valence-electron chi connectivity index (χ1n) is 10.9. The van der Waals surface area contributed by atoms with E-state index in [-0.39, 0.29) is 16.7 Å². The number of aromatic nitrogens is 4. The molecule has 31 heavy (non-hydrogen) atoms. The Morgan fingerprint density at radius 3 is 2.35 bits per heavy atom. The van der Waals surface area contributed by atoms with Gasteiger partial charge in [0.2, 0.25) is 5.95 Å². The standard InChI is InChI=1S/C21H30N6O3S/c1-15-17(14-25(2)24-15)20(28)26-11-7-16(8-12-26)19-18(31(3,29)30)13-22-21(23-19)27-9-5-4-6-10-27/h13-14,16H,4-12H2,1-3H3. The molecule has 4 heterocycles. The fourth-order valence-corrected chi connectivity index (χ4v) is 5.37. The van der Waals surface area contributed by atoms with Crippen molar-refractivity contribution < 1.29 is 13.2 Å². The Labute approximate surface area is 183 Å². The highest BCUT2D eigenvalue weighted by atomic mass is 32.2. The van der Waals surface area contributed by atoms with Crippen molar-refractivity contribution in [3.05, 3.63) is 29.3 Å². The minimum Gasteiger partial charge on any atom is -0.341 e. The number of amides is 1. The fraction of sp³-hybridized carbons (Fsp3) is 0.619. The summed E-state index contributed by atoms with van der Waals surface area (Å²) in [6.07, 6.45) is 9.17. The van der Waals surface area contributed by atoms with Crippen LogP contribution >= 0.6 is 0 Å². The number of aryl methyl sites for hydroxylation is 2. The minimum absolute atomic E-state index is 0.0182. The van der Waals surface area contributed by atoms with E-state index in [0.717, 1.165) is 31.6 Å². The molecular formula is C21H30N6O3S. The van der Waals surface area contributed by atoms with Crippen LogP contribution in [0.1, 0.15) is 59.8 Å². The van der Waals surface area contributed by atoms with Crippen molar-refractivity contribution in [1.82, 2.24) is 24.6 Å². The number of carbonyl (C=O) groups excluding carboxylic acids is 1. The van der Waals surface area contributed by atoms with Crippen LogP contribution in [0.2, 0.25) is 0 Å². The molecule has 4 rings (SSSR count). The Morgan fingerprint density at radius 1 is 1.10 bits per heavy atom. The molecule has 2 aliphatic heterocycles. The third-order valence-electron chi connectivity index (χ3n) is 6.22. The normalized spacial score (nSPS) is 18.4. The number of nitrogens with zero attached hydrogens (tertiary/aromatic N) is 6. The molecule has 2 aromatic heterocycles. The molecule has 9 nitrogen and oxygen atoms in total. The van der Waals surface area contributed by atoms with Crippen molar-refractivity contribution in [1.29, 1.82) is 0 Å². The summed E-state index contributed by atoms with van der Waals surface area (Å²) >= 11 is 0. The van der Waals surface area contributed by atoms with Crippen LogP contribution < -0.4 is 4.90 Å². The van der Waals surface area contributed by atoms with Crippen molar-refractivity contribution in [3.8, 4) is 0 Å². The number of carbonyl (C=O) groups is 1. The van der Waals surface area contributed by atoms with Crippen molar-refractivity contribution in [2.24, 2.45) is 7.05 Å². The molecule has 2 saturated heterocycles. The molecule has 2 aromatic rings. The van der Waals surface area contributed by atoms with Crippen LogP contribution in [0.25, 0.3) is 0 Å². The van der Waals surface area contributed by atoms with E-state index in [0.29, 0.717) is 43.1 Å². The first kappa shape index (κ1) is 21.7. The zero-order chi connectivity index (χ0) is 22.2. The van der Waals surface area contributed by atoms with E-state index in [9.17, 15) is 13.2 Å². The molecular weight excluding hydrogens is 416 g/mol. The third-order valence-corrected chi connectivity index (χ3v) is 7.33. The molecule has 0 spiro atoms. The lowest BCUT2D eigenvalue weighted by atomic mass is 9.93. The Kier molecular flexibility index (Phi) is 6.00. The molecule has 0 unspecified atom stereocenters. The summed E-state index contributed by atoms with van der Waals surface area (Å²) in [4.78, 5) is 26.2. The average molecular weight is 447 g/mol. The molecule has 0 N–H and O–H groups in total. The summed E-state index contributed by atoms with van der Waals surface area (Å²) in [6.45, 7) is 4.75. The lowest BCUT2D eigenvalue weighted by molar-refractivity contribution is 0.0710. The summed E-state index contributed by atoms with van der Waals surface area (Å²) in [5.74, 6) is 0.575. The maximum absolute atomic E-state index is 12.9. The minimum atomic E-state index is -3.44. The van der Waals surface area contributed by atoms with E-state index >= 15 is 0 Å². The van der Waals surface area contributed by atoms with Crippen molar-refractivity contribution >= 4 is 21.7 Å². The smallest absolute Gasteiger partial charge is 0.257 e. The van der Waals surface area contributed by atoms with Crippen LogP contribution in [-0.4, -0.2) is 71.4 Å². The largest absolute Gasteiger partial charge is 0.341 e. The van der Waals surface area contributed by atoms with Crippen LogP contribution in [0.5, 0.6) is 0 Å². The molecule has 0 aliphatic carbocycles. The maximum atomic E-state index is 12.9. The monoisotopic (exact) mass is 446 g/mol. The van der Waals surface area contributed by atoms with Gasteiger partial charge in [-0.05, 0) is 39.0 Å². The number of likely N-dealkylation sites (tertiary alicyclic amines) is 1. The lowest BCUT2D eigenvalue weighted by Crippen LogP contribution is -2.38. The molecule has 0 atom stereocenters. The van der Waals surface area contributed by atoms with Gasteiger partial charge in [-0.15, -0.1) is 0 Å². The summed E-state index contributed by atoms with van der Waals surface area (Å²) in [5, 5.41) is 4.26. The van der Waals surface area contributed by atoms with Crippen LogP contribution in [0.4, 0.5) is 5.95 Å². The second-order valence-corrected chi connectivity index (χ2v) is 10.6. The number of hydrogen-bond donors (Lipinski definition) is 0. The summed E-state index contributed by atoms with van der Waals surface area (Å²) < 4.78 is 26.5. The molecule has 0 saturated carbocycles. The van der Waals surface area contributed by atoms with Crippen LogP contribution in [0.3, 0.4) is 0 Å².